The molecule has 3 rings (SSSR count). The quantitative estimate of drug-likeness (QED) is 0.513. The van der Waals surface area contributed by atoms with Crippen LogP contribution in [0.2, 0.25) is 5.02 Å². The number of ether oxygens (including phenoxy) is 2. The molecule has 0 radical (unpaired) electrons. The van der Waals surface area contributed by atoms with E-state index in [9.17, 15) is 4.79 Å². The largest absolute Gasteiger partial charge is 0.493 e. The summed E-state index contributed by atoms with van der Waals surface area (Å²) in [4.78, 5) is 12.1. The molecule has 1 heterocycles. The zero-order valence-electron chi connectivity index (χ0n) is 16.0. The monoisotopic (exact) mass is 433 g/mol. The third-order valence-corrected chi connectivity index (χ3v) is 5.04. The summed E-state index contributed by atoms with van der Waals surface area (Å²) in [6.45, 7) is 0.506. The molecule has 0 bridgehead atoms. The maximum atomic E-state index is 12.1. The van der Waals surface area contributed by atoms with Crippen LogP contribution in [0.1, 0.15) is 5.56 Å². The predicted molar refractivity (Wildman–Crippen MR) is 112 cm³/mol. The van der Waals surface area contributed by atoms with E-state index >= 15 is 0 Å². The fourth-order valence-corrected chi connectivity index (χ4v) is 3.35. The van der Waals surface area contributed by atoms with Gasteiger partial charge in [-0.15, -0.1) is 10.2 Å². The minimum atomic E-state index is -0.113. The second-order valence-corrected chi connectivity index (χ2v) is 7.32. The summed E-state index contributed by atoms with van der Waals surface area (Å²) in [6.07, 6.45) is 0.677. The number of thioether (sulfide) groups is 1. The van der Waals surface area contributed by atoms with Gasteiger partial charge >= 0.3 is 0 Å². The van der Waals surface area contributed by atoms with Crippen LogP contribution in [0.25, 0.3) is 11.5 Å². The number of hydrogen-bond donors (Lipinski definition) is 1. The van der Waals surface area contributed by atoms with E-state index in [4.69, 9.17) is 25.5 Å². The van der Waals surface area contributed by atoms with Crippen LogP contribution in [0.15, 0.2) is 52.1 Å². The van der Waals surface area contributed by atoms with E-state index in [1.807, 2.05) is 24.3 Å². The van der Waals surface area contributed by atoms with E-state index < -0.39 is 0 Å². The van der Waals surface area contributed by atoms with E-state index in [2.05, 4.69) is 15.5 Å². The molecule has 3 aromatic rings. The van der Waals surface area contributed by atoms with Gasteiger partial charge < -0.3 is 19.2 Å². The lowest BCUT2D eigenvalue weighted by atomic mass is 10.1. The normalized spacial score (nSPS) is 10.6. The number of benzene rings is 2. The summed E-state index contributed by atoms with van der Waals surface area (Å²) < 4.78 is 16.1. The zero-order chi connectivity index (χ0) is 20.6. The van der Waals surface area contributed by atoms with Crippen LogP contribution >= 0.6 is 23.4 Å². The molecule has 0 aliphatic heterocycles. The second-order valence-electron chi connectivity index (χ2n) is 5.96. The van der Waals surface area contributed by atoms with Crippen LogP contribution < -0.4 is 14.8 Å². The molecule has 0 aliphatic rings. The highest BCUT2D eigenvalue weighted by molar-refractivity contribution is 7.99. The molecule has 1 amide bonds. The molecule has 0 aliphatic carbocycles. The highest BCUT2D eigenvalue weighted by Crippen LogP contribution is 2.28. The van der Waals surface area contributed by atoms with Gasteiger partial charge in [0.25, 0.3) is 5.22 Å². The van der Waals surface area contributed by atoms with Crippen molar-refractivity contribution in [2.45, 2.75) is 11.6 Å². The van der Waals surface area contributed by atoms with Gasteiger partial charge in [0.1, 0.15) is 0 Å². The number of nitrogens with zero attached hydrogens (tertiary/aromatic N) is 2. The van der Waals surface area contributed by atoms with E-state index in [1.165, 1.54) is 11.8 Å². The maximum absolute atomic E-state index is 12.1. The molecule has 152 valence electrons. The third kappa shape index (κ3) is 5.88. The Hall–Kier alpha value is -2.71. The number of nitrogens with one attached hydrogen (secondary N) is 1. The van der Waals surface area contributed by atoms with Crippen LogP contribution in [0.4, 0.5) is 0 Å². The first-order chi connectivity index (χ1) is 14.1. The van der Waals surface area contributed by atoms with E-state index in [0.717, 1.165) is 11.1 Å². The molecule has 0 saturated heterocycles. The Balaban J connectivity index is 1.45. The highest BCUT2D eigenvalue weighted by atomic mass is 35.5. The summed E-state index contributed by atoms with van der Waals surface area (Å²) >= 11 is 7.15. The molecule has 0 atom stereocenters. The molecular formula is C20H20ClN3O4S. The summed E-state index contributed by atoms with van der Waals surface area (Å²) in [5.41, 5.74) is 1.77. The smallest absolute Gasteiger partial charge is 0.277 e. The Kier molecular flexibility index (Phi) is 7.37. The van der Waals surface area contributed by atoms with Gasteiger partial charge in [-0.1, -0.05) is 35.5 Å². The molecule has 0 unspecified atom stereocenters. The van der Waals surface area contributed by atoms with Crippen LogP contribution in [-0.4, -0.2) is 42.6 Å². The Morgan fingerprint density at radius 1 is 1.14 bits per heavy atom. The van der Waals surface area contributed by atoms with Gasteiger partial charge in [0.05, 0.1) is 20.0 Å². The lowest BCUT2D eigenvalue weighted by molar-refractivity contribution is -0.118. The highest BCUT2D eigenvalue weighted by Gasteiger charge is 2.12. The van der Waals surface area contributed by atoms with Crippen LogP contribution in [0.3, 0.4) is 0 Å². The lowest BCUT2D eigenvalue weighted by Gasteiger charge is -2.10. The number of methoxy groups -OCH3 is 2. The Labute approximate surface area is 177 Å². The first kappa shape index (κ1) is 21.0. The molecule has 0 spiro atoms. The number of amides is 1. The molecular weight excluding hydrogens is 414 g/mol. The Morgan fingerprint density at radius 3 is 2.72 bits per heavy atom. The van der Waals surface area contributed by atoms with Gasteiger partial charge in [0.15, 0.2) is 11.5 Å². The van der Waals surface area contributed by atoms with Crippen LogP contribution in [-0.2, 0) is 11.2 Å². The van der Waals surface area contributed by atoms with Gasteiger partial charge in [0, 0.05) is 17.1 Å². The van der Waals surface area contributed by atoms with Crippen molar-refractivity contribution in [3.63, 3.8) is 0 Å². The minimum absolute atomic E-state index is 0.113. The van der Waals surface area contributed by atoms with E-state index in [-0.39, 0.29) is 11.7 Å². The van der Waals surface area contributed by atoms with Crippen molar-refractivity contribution in [3.05, 3.63) is 53.1 Å². The molecule has 2 aromatic carbocycles. The van der Waals surface area contributed by atoms with Crippen molar-refractivity contribution in [3.8, 4) is 23.0 Å². The average molecular weight is 434 g/mol. The fraction of sp³-hybridized carbons (Fsp3) is 0.250. The Morgan fingerprint density at radius 2 is 1.97 bits per heavy atom. The first-order valence-electron chi connectivity index (χ1n) is 8.79. The standard InChI is InChI=1S/C20H20ClN3O4S/c1-26-16-7-6-13(10-17(16)27-2)8-9-22-18(25)12-29-20-24-23-19(28-20)14-4-3-5-15(21)11-14/h3-7,10-11H,8-9,12H2,1-2H3,(H,22,25). The summed E-state index contributed by atoms with van der Waals surface area (Å²) in [7, 11) is 3.19. The number of aromatic nitrogens is 2. The van der Waals surface area contributed by atoms with Crippen molar-refractivity contribution in [1.29, 1.82) is 0 Å². The van der Waals surface area contributed by atoms with Gasteiger partial charge in [-0.05, 0) is 42.3 Å². The summed E-state index contributed by atoms with van der Waals surface area (Å²) in [5.74, 6) is 1.78. The van der Waals surface area contributed by atoms with Crippen molar-refractivity contribution in [2.24, 2.45) is 0 Å². The van der Waals surface area contributed by atoms with Crippen molar-refractivity contribution < 1.29 is 18.7 Å². The molecule has 0 fully saturated rings. The number of hydrogen-bond acceptors (Lipinski definition) is 7. The topological polar surface area (TPSA) is 86.5 Å². The van der Waals surface area contributed by atoms with Gasteiger partial charge in [-0.25, -0.2) is 0 Å². The van der Waals surface area contributed by atoms with Crippen molar-refractivity contribution in [2.75, 3.05) is 26.5 Å². The van der Waals surface area contributed by atoms with Crippen molar-refractivity contribution >= 4 is 29.3 Å². The van der Waals surface area contributed by atoms with Gasteiger partial charge in [0.2, 0.25) is 11.8 Å². The number of rotatable bonds is 9. The van der Waals surface area contributed by atoms with Gasteiger partial charge in [-0.3, -0.25) is 4.79 Å². The summed E-state index contributed by atoms with van der Waals surface area (Å²) in [5, 5.41) is 11.7. The molecule has 1 N–H and O–H groups in total. The fourth-order valence-electron chi connectivity index (χ4n) is 2.57. The van der Waals surface area contributed by atoms with E-state index in [0.29, 0.717) is 40.6 Å². The maximum Gasteiger partial charge on any atom is 0.277 e. The lowest BCUT2D eigenvalue weighted by Crippen LogP contribution is -2.27. The number of halogens is 1. The molecule has 0 saturated carbocycles. The van der Waals surface area contributed by atoms with Crippen LogP contribution in [0.5, 0.6) is 11.5 Å². The van der Waals surface area contributed by atoms with Gasteiger partial charge in [-0.2, -0.15) is 0 Å². The second kappa shape index (κ2) is 10.2. The number of carbonyl (C=O) groups is 1. The molecule has 1 aromatic heterocycles. The number of carbonyl (C=O) groups excluding carboxylic acids is 1. The minimum Gasteiger partial charge on any atom is -0.493 e. The third-order valence-electron chi connectivity index (χ3n) is 3.99. The van der Waals surface area contributed by atoms with Crippen LogP contribution in [0, 0.1) is 0 Å². The van der Waals surface area contributed by atoms with Crippen molar-refractivity contribution in [1.82, 2.24) is 15.5 Å². The van der Waals surface area contributed by atoms with E-state index in [1.54, 1.807) is 32.4 Å². The zero-order valence-corrected chi connectivity index (χ0v) is 17.5. The Bertz CT molecular complexity index is 980. The molecule has 7 nitrogen and oxygen atoms in total. The average Bonchev–Trinajstić information content (AvgIpc) is 3.21. The predicted octanol–water partition coefficient (Wildman–Crippen LogP) is 3.86. The summed E-state index contributed by atoms with van der Waals surface area (Å²) in [6, 6.07) is 12.8. The molecule has 29 heavy (non-hydrogen) atoms. The molecule has 9 heteroatoms. The SMILES string of the molecule is COc1ccc(CCNC(=O)CSc2nnc(-c3cccc(Cl)c3)o2)cc1OC. The first-order valence-corrected chi connectivity index (χ1v) is 10.1.